The molecule has 0 amide bonds. The van der Waals surface area contributed by atoms with E-state index >= 15 is 0 Å². The van der Waals surface area contributed by atoms with Crippen molar-refractivity contribution in [2.45, 2.75) is 26.4 Å². The number of hydrogen-bond donors (Lipinski definition) is 1. The number of nitrogens with two attached hydrogens (primary N) is 1. The second kappa shape index (κ2) is 7.25. The third-order valence-electron chi connectivity index (χ3n) is 2.15. The highest BCUT2D eigenvalue weighted by Gasteiger charge is 2.04. The van der Waals surface area contributed by atoms with Gasteiger partial charge in [-0.1, -0.05) is 24.4 Å². The van der Waals surface area contributed by atoms with Gasteiger partial charge in [0.1, 0.15) is 10.7 Å². The fourth-order valence-corrected chi connectivity index (χ4v) is 1.52. The van der Waals surface area contributed by atoms with Crippen LogP contribution < -0.4 is 10.5 Å². The molecule has 1 rings (SSSR count). The van der Waals surface area contributed by atoms with Gasteiger partial charge in [0.05, 0.1) is 24.9 Å². The van der Waals surface area contributed by atoms with Gasteiger partial charge in [-0.15, -0.1) is 0 Å². The standard InChI is InChI=1S/C13H19NO2S/c1-10(2)15-8-5-9-16-12-7-4-3-6-11(12)13(14)17/h3-4,6-7,10H,5,8-9H2,1-2H3,(H2,14,17). The number of ether oxygens (including phenoxy) is 2. The molecule has 1 aromatic carbocycles. The van der Waals surface area contributed by atoms with Crippen molar-refractivity contribution in [2.24, 2.45) is 5.73 Å². The van der Waals surface area contributed by atoms with Crippen LogP contribution in [-0.4, -0.2) is 24.3 Å². The number of hydrogen-bond acceptors (Lipinski definition) is 3. The molecule has 0 atom stereocenters. The van der Waals surface area contributed by atoms with Crippen molar-refractivity contribution in [3.8, 4) is 5.75 Å². The van der Waals surface area contributed by atoms with Gasteiger partial charge in [-0.05, 0) is 26.0 Å². The number of para-hydroxylation sites is 1. The Kier molecular flexibility index (Phi) is 5.94. The quantitative estimate of drug-likeness (QED) is 0.599. The summed E-state index contributed by atoms with van der Waals surface area (Å²) >= 11 is 4.96. The minimum absolute atomic E-state index is 0.263. The zero-order valence-electron chi connectivity index (χ0n) is 10.3. The molecule has 94 valence electrons. The number of benzene rings is 1. The van der Waals surface area contributed by atoms with Crippen molar-refractivity contribution in [1.82, 2.24) is 0 Å². The molecule has 17 heavy (non-hydrogen) atoms. The first-order valence-corrected chi connectivity index (χ1v) is 6.15. The molecule has 0 aliphatic heterocycles. The zero-order valence-corrected chi connectivity index (χ0v) is 11.1. The van der Waals surface area contributed by atoms with Gasteiger partial charge in [0.25, 0.3) is 0 Å². The average molecular weight is 253 g/mol. The van der Waals surface area contributed by atoms with Crippen LogP contribution in [0.4, 0.5) is 0 Å². The molecule has 0 spiro atoms. The molecule has 0 bridgehead atoms. The van der Waals surface area contributed by atoms with Crippen LogP contribution in [0.25, 0.3) is 0 Å². The third-order valence-corrected chi connectivity index (χ3v) is 2.37. The third kappa shape index (κ3) is 5.15. The molecular formula is C13H19NO2S. The summed E-state index contributed by atoms with van der Waals surface area (Å²) < 4.78 is 11.1. The van der Waals surface area contributed by atoms with Gasteiger partial charge in [0, 0.05) is 6.42 Å². The van der Waals surface area contributed by atoms with E-state index in [1.165, 1.54) is 0 Å². The van der Waals surface area contributed by atoms with E-state index in [0.717, 1.165) is 17.7 Å². The van der Waals surface area contributed by atoms with E-state index in [9.17, 15) is 0 Å². The van der Waals surface area contributed by atoms with E-state index in [0.29, 0.717) is 18.2 Å². The molecule has 0 fully saturated rings. The van der Waals surface area contributed by atoms with Crippen molar-refractivity contribution in [2.75, 3.05) is 13.2 Å². The first kappa shape index (κ1) is 13.9. The summed E-state index contributed by atoms with van der Waals surface area (Å²) in [5.74, 6) is 0.740. The Labute approximate surface area is 108 Å². The predicted molar refractivity (Wildman–Crippen MR) is 73.5 cm³/mol. The van der Waals surface area contributed by atoms with Gasteiger partial charge < -0.3 is 15.2 Å². The SMILES string of the molecule is CC(C)OCCCOc1ccccc1C(N)=S. The minimum Gasteiger partial charge on any atom is -0.493 e. The molecule has 0 radical (unpaired) electrons. The van der Waals surface area contributed by atoms with Crippen molar-refractivity contribution in [1.29, 1.82) is 0 Å². The molecule has 2 N–H and O–H groups in total. The van der Waals surface area contributed by atoms with Gasteiger partial charge in [-0.2, -0.15) is 0 Å². The minimum atomic E-state index is 0.263. The van der Waals surface area contributed by atoms with Crippen LogP contribution in [0.1, 0.15) is 25.8 Å². The van der Waals surface area contributed by atoms with Gasteiger partial charge in [0.15, 0.2) is 0 Å². The van der Waals surface area contributed by atoms with Gasteiger partial charge in [0.2, 0.25) is 0 Å². The van der Waals surface area contributed by atoms with Crippen molar-refractivity contribution in [3.05, 3.63) is 29.8 Å². The normalized spacial score (nSPS) is 10.5. The Morgan fingerprint density at radius 1 is 1.29 bits per heavy atom. The van der Waals surface area contributed by atoms with Crippen LogP contribution >= 0.6 is 12.2 Å². The lowest BCUT2D eigenvalue weighted by Crippen LogP contribution is -2.13. The number of rotatable bonds is 7. The molecule has 0 saturated heterocycles. The highest BCUT2D eigenvalue weighted by atomic mass is 32.1. The Bertz CT molecular complexity index is 366. The summed E-state index contributed by atoms with van der Waals surface area (Å²) in [5, 5.41) is 0. The maximum absolute atomic E-state index is 5.63. The van der Waals surface area contributed by atoms with E-state index in [1.807, 2.05) is 38.1 Å². The molecule has 0 saturated carbocycles. The highest BCUT2D eigenvalue weighted by molar-refractivity contribution is 7.80. The molecular weight excluding hydrogens is 234 g/mol. The van der Waals surface area contributed by atoms with Crippen molar-refractivity contribution in [3.63, 3.8) is 0 Å². The fraction of sp³-hybridized carbons (Fsp3) is 0.462. The van der Waals surface area contributed by atoms with Crippen LogP contribution in [0.2, 0.25) is 0 Å². The lowest BCUT2D eigenvalue weighted by Gasteiger charge is -2.11. The molecule has 0 aliphatic rings. The van der Waals surface area contributed by atoms with E-state index in [2.05, 4.69) is 0 Å². The van der Waals surface area contributed by atoms with Crippen LogP contribution in [0, 0.1) is 0 Å². The molecule has 0 heterocycles. The summed E-state index contributed by atoms with van der Waals surface area (Å²) in [6.45, 7) is 5.34. The topological polar surface area (TPSA) is 44.5 Å². The summed E-state index contributed by atoms with van der Waals surface area (Å²) in [6.07, 6.45) is 1.11. The first-order chi connectivity index (χ1) is 8.11. The summed E-state index contributed by atoms with van der Waals surface area (Å²) in [6, 6.07) is 7.53. The van der Waals surface area contributed by atoms with Crippen molar-refractivity contribution < 1.29 is 9.47 Å². The van der Waals surface area contributed by atoms with E-state index in [4.69, 9.17) is 27.4 Å². The fourth-order valence-electron chi connectivity index (χ4n) is 1.36. The van der Waals surface area contributed by atoms with E-state index < -0.39 is 0 Å². The largest absolute Gasteiger partial charge is 0.493 e. The Morgan fingerprint density at radius 2 is 2.00 bits per heavy atom. The smallest absolute Gasteiger partial charge is 0.129 e. The molecule has 0 aromatic heterocycles. The maximum Gasteiger partial charge on any atom is 0.129 e. The molecule has 4 heteroatoms. The summed E-state index contributed by atoms with van der Waals surface area (Å²) in [5.41, 5.74) is 6.40. The van der Waals surface area contributed by atoms with Gasteiger partial charge >= 0.3 is 0 Å². The van der Waals surface area contributed by atoms with Gasteiger partial charge in [-0.25, -0.2) is 0 Å². The van der Waals surface area contributed by atoms with Gasteiger partial charge in [-0.3, -0.25) is 0 Å². The second-order valence-electron chi connectivity index (χ2n) is 3.98. The maximum atomic E-state index is 5.63. The molecule has 3 nitrogen and oxygen atoms in total. The first-order valence-electron chi connectivity index (χ1n) is 5.74. The number of thiocarbonyl (C=S) groups is 1. The summed E-state index contributed by atoms with van der Waals surface area (Å²) in [4.78, 5) is 0.360. The van der Waals surface area contributed by atoms with Crippen LogP contribution in [0.3, 0.4) is 0 Å². The molecule has 1 aromatic rings. The average Bonchev–Trinajstić information content (AvgIpc) is 2.28. The Balaban J connectivity index is 2.39. The molecule has 0 unspecified atom stereocenters. The lowest BCUT2D eigenvalue weighted by atomic mass is 10.2. The monoisotopic (exact) mass is 253 g/mol. The lowest BCUT2D eigenvalue weighted by molar-refractivity contribution is 0.0694. The molecule has 0 aliphatic carbocycles. The second-order valence-corrected chi connectivity index (χ2v) is 4.42. The Morgan fingerprint density at radius 3 is 2.65 bits per heavy atom. The van der Waals surface area contributed by atoms with Crippen molar-refractivity contribution >= 4 is 17.2 Å². The predicted octanol–water partition coefficient (Wildman–Crippen LogP) is 2.51. The van der Waals surface area contributed by atoms with Crippen LogP contribution in [0.15, 0.2) is 24.3 Å². The highest BCUT2D eigenvalue weighted by Crippen LogP contribution is 2.17. The van der Waals surface area contributed by atoms with Crippen LogP contribution in [-0.2, 0) is 4.74 Å². The van der Waals surface area contributed by atoms with E-state index in [-0.39, 0.29) is 6.10 Å². The van der Waals surface area contributed by atoms with E-state index in [1.54, 1.807) is 0 Å². The summed E-state index contributed by atoms with van der Waals surface area (Å²) in [7, 11) is 0. The van der Waals surface area contributed by atoms with Crippen LogP contribution in [0.5, 0.6) is 5.75 Å². The Hall–Kier alpha value is -1.13. The zero-order chi connectivity index (χ0) is 12.7.